The maximum atomic E-state index is 11.4. The van der Waals surface area contributed by atoms with Crippen molar-refractivity contribution in [2.45, 2.75) is 64.8 Å². The highest BCUT2D eigenvalue weighted by Gasteiger charge is 2.27. The lowest BCUT2D eigenvalue weighted by Crippen LogP contribution is -2.40. The van der Waals surface area contributed by atoms with Gasteiger partial charge in [0.1, 0.15) is 9.84 Å². The molecule has 1 saturated carbocycles. The van der Waals surface area contributed by atoms with Crippen LogP contribution in [0.2, 0.25) is 0 Å². The SMILES string of the molecule is CCCNC(CCS(C)(=O)=O)C1CCCC(CC)C1. The van der Waals surface area contributed by atoms with Gasteiger partial charge in [0.15, 0.2) is 0 Å². The molecule has 1 N–H and O–H groups in total. The molecule has 1 aliphatic rings. The van der Waals surface area contributed by atoms with Crippen LogP contribution in [0.15, 0.2) is 0 Å². The maximum Gasteiger partial charge on any atom is 0.147 e. The number of hydrogen-bond donors (Lipinski definition) is 1. The molecular weight excluding hydrogens is 258 g/mol. The Labute approximate surface area is 119 Å². The van der Waals surface area contributed by atoms with Crippen molar-refractivity contribution in [3.63, 3.8) is 0 Å². The van der Waals surface area contributed by atoms with E-state index < -0.39 is 9.84 Å². The summed E-state index contributed by atoms with van der Waals surface area (Å²) in [6.07, 6.45) is 9.72. The predicted octanol–water partition coefficient (Wildman–Crippen LogP) is 3.01. The van der Waals surface area contributed by atoms with E-state index in [0.717, 1.165) is 25.3 Å². The molecule has 0 saturated heterocycles. The zero-order chi connectivity index (χ0) is 14.3. The van der Waals surface area contributed by atoms with Crippen molar-refractivity contribution in [2.75, 3.05) is 18.6 Å². The van der Waals surface area contributed by atoms with Crippen LogP contribution in [0.4, 0.5) is 0 Å². The van der Waals surface area contributed by atoms with Crippen LogP contribution in [0.3, 0.4) is 0 Å². The van der Waals surface area contributed by atoms with Crippen LogP contribution in [0, 0.1) is 11.8 Å². The molecule has 0 radical (unpaired) electrons. The van der Waals surface area contributed by atoms with Crippen molar-refractivity contribution in [1.29, 1.82) is 0 Å². The van der Waals surface area contributed by atoms with Crippen LogP contribution in [0.1, 0.15) is 58.8 Å². The first-order chi connectivity index (χ1) is 8.96. The van der Waals surface area contributed by atoms with Crippen LogP contribution in [-0.4, -0.2) is 33.0 Å². The van der Waals surface area contributed by atoms with Crippen LogP contribution in [0.5, 0.6) is 0 Å². The molecule has 1 rings (SSSR count). The summed E-state index contributed by atoms with van der Waals surface area (Å²) in [6, 6.07) is 0.393. The average Bonchev–Trinajstić information content (AvgIpc) is 2.38. The highest BCUT2D eigenvalue weighted by molar-refractivity contribution is 7.90. The lowest BCUT2D eigenvalue weighted by molar-refractivity contribution is 0.205. The van der Waals surface area contributed by atoms with Gasteiger partial charge in [-0.05, 0) is 44.1 Å². The molecule has 19 heavy (non-hydrogen) atoms. The topological polar surface area (TPSA) is 46.2 Å². The third-order valence-corrected chi connectivity index (χ3v) is 5.40. The van der Waals surface area contributed by atoms with Crippen molar-refractivity contribution < 1.29 is 8.42 Å². The van der Waals surface area contributed by atoms with Crippen molar-refractivity contribution in [3.05, 3.63) is 0 Å². The molecule has 114 valence electrons. The molecular formula is C15H31NO2S. The lowest BCUT2D eigenvalue weighted by Gasteiger charge is -2.35. The van der Waals surface area contributed by atoms with E-state index in [1.165, 1.54) is 38.4 Å². The molecule has 3 unspecified atom stereocenters. The lowest BCUT2D eigenvalue weighted by atomic mass is 9.76. The summed E-state index contributed by atoms with van der Waals surface area (Å²) in [5.74, 6) is 1.84. The summed E-state index contributed by atoms with van der Waals surface area (Å²) in [6.45, 7) is 5.44. The molecule has 0 spiro atoms. The predicted molar refractivity (Wildman–Crippen MR) is 82.1 cm³/mol. The second-order valence-electron chi connectivity index (χ2n) is 6.18. The van der Waals surface area contributed by atoms with Gasteiger partial charge in [-0.15, -0.1) is 0 Å². The summed E-state index contributed by atoms with van der Waals surface area (Å²) in [5, 5.41) is 3.59. The fourth-order valence-electron chi connectivity index (χ4n) is 3.24. The van der Waals surface area contributed by atoms with Gasteiger partial charge in [0.25, 0.3) is 0 Å². The fourth-order valence-corrected chi connectivity index (χ4v) is 3.93. The minimum absolute atomic E-state index is 0.321. The molecule has 3 atom stereocenters. The largest absolute Gasteiger partial charge is 0.314 e. The summed E-state index contributed by atoms with van der Waals surface area (Å²) in [5.41, 5.74) is 0. The maximum absolute atomic E-state index is 11.4. The summed E-state index contributed by atoms with van der Waals surface area (Å²) in [4.78, 5) is 0. The number of sulfone groups is 1. The molecule has 0 bridgehead atoms. The first kappa shape index (κ1) is 17.0. The first-order valence-corrected chi connectivity index (χ1v) is 9.93. The van der Waals surface area contributed by atoms with Crippen molar-refractivity contribution >= 4 is 9.84 Å². The van der Waals surface area contributed by atoms with E-state index >= 15 is 0 Å². The Morgan fingerprint density at radius 2 is 2.00 bits per heavy atom. The van der Waals surface area contributed by atoms with Crippen molar-refractivity contribution in [2.24, 2.45) is 11.8 Å². The van der Waals surface area contributed by atoms with Gasteiger partial charge in [0.05, 0.1) is 5.75 Å². The quantitative estimate of drug-likeness (QED) is 0.747. The highest BCUT2D eigenvalue weighted by atomic mass is 32.2. The molecule has 1 aliphatic carbocycles. The monoisotopic (exact) mass is 289 g/mol. The standard InChI is InChI=1S/C15H31NO2S/c1-4-10-16-15(9-11-19(3,17)18)14-8-6-7-13(5-2)12-14/h13-16H,4-12H2,1-3H3. The summed E-state index contributed by atoms with van der Waals surface area (Å²) >= 11 is 0. The Morgan fingerprint density at radius 3 is 2.58 bits per heavy atom. The van der Waals surface area contributed by atoms with Crippen molar-refractivity contribution in [3.8, 4) is 0 Å². The van der Waals surface area contributed by atoms with Crippen LogP contribution >= 0.6 is 0 Å². The third-order valence-electron chi connectivity index (χ3n) is 4.43. The summed E-state index contributed by atoms with van der Waals surface area (Å²) < 4.78 is 22.8. The second kappa shape index (κ2) is 8.25. The van der Waals surface area contributed by atoms with Gasteiger partial charge in [-0.1, -0.05) is 33.1 Å². The normalized spacial score (nSPS) is 26.3. The molecule has 4 heteroatoms. The van der Waals surface area contributed by atoms with Crippen LogP contribution < -0.4 is 5.32 Å². The van der Waals surface area contributed by atoms with Gasteiger partial charge >= 0.3 is 0 Å². The van der Waals surface area contributed by atoms with Gasteiger partial charge in [-0.25, -0.2) is 8.42 Å². The minimum atomic E-state index is -2.84. The van der Waals surface area contributed by atoms with Gasteiger partial charge in [-0.2, -0.15) is 0 Å². The van der Waals surface area contributed by atoms with Gasteiger partial charge in [0.2, 0.25) is 0 Å². The van der Waals surface area contributed by atoms with Crippen molar-refractivity contribution in [1.82, 2.24) is 5.32 Å². The average molecular weight is 289 g/mol. The Morgan fingerprint density at radius 1 is 1.26 bits per heavy atom. The van der Waals surface area contributed by atoms with Gasteiger partial charge in [0, 0.05) is 12.3 Å². The summed E-state index contributed by atoms with van der Waals surface area (Å²) in [7, 11) is -2.84. The van der Waals surface area contributed by atoms with Gasteiger partial charge < -0.3 is 5.32 Å². The molecule has 3 nitrogen and oxygen atoms in total. The van der Waals surface area contributed by atoms with Gasteiger partial charge in [-0.3, -0.25) is 0 Å². The molecule has 0 heterocycles. The number of hydrogen-bond acceptors (Lipinski definition) is 3. The molecule has 0 aromatic rings. The zero-order valence-corrected chi connectivity index (χ0v) is 13.6. The molecule has 1 fully saturated rings. The minimum Gasteiger partial charge on any atom is -0.314 e. The number of rotatable bonds is 8. The Balaban J connectivity index is 2.56. The number of nitrogens with one attached hydrogen (secondary N) is 1. The third kappa shape index (κ3) is 6.75. The molecule has 0 amide bonds. The first-order valence-electron chi connectivity index (χ1n) is 7.87. The van der Waals surface area contributed by atoms with E-state index in [-0.39, 0.29) is 0 Å². The second-order valence-corrected chi connectivity index (χ2v) is 8.44. The van der Waals surface area contributed by atoms with Crippen LogP contribution in [0.25, 0.3) is 0 Å². The Bertz CT molecular complexity index is 340. The zero-order valence-electron chi connectivity index (χ0n) is 12.8. The van der Waals surface area contributed by atoms with E-state index in [4.69, 9.17) is 0 Å². The van der Waals surface area contributed by atoms with E-state index in [0.29, 0.717) is 17.7 Å². The molecule has 0 aromatic carbocycles. The van der Waals surface area contributed by atoms with E-state index in [9.17, 15) is 8.42 Å². The Kier molecular flexibility index (Phi) is 7.37. The highest BCUT2D eigenvalue weighted by Crippen LogP contribution is 2.33. The smallest absolute Gasteiger partial charge is 0.147 e. The van der Waals surface area contributed by atoms with E-state index in [1.807, 2.05) is 0 Å². The molecule has 0 aliphatic heterocycles. The van der Waals surface area contributed by atoms with E-state index in [2.05, 4.69) is 19.2 Å². The van der Waals surface area contributed by atoms with E-state index in [1.54, 1.807) is 0 Å². The van der Waals surface area contributed by atoms with Crippen LogP contribution in [-0.2, 0) is 9.84 Å². The Hall–Kier alpha value is -0.0900. The molecule has 0 aromatic heterocycles. The fraction of sp³-hybridized carbons (Fsp3) is 1.00.